The zero-order chi connectivity index (χ0) is 32.8. The number of rotatable bonds is 10. The van der Waals surface area contributed by atoms with Crippen LogP contribution in [-0.4, -0.2) is 78.7 Å². The molecule has 2 fully saturated rings. The summed E-state index contributed by atoms with van der Waals surface area (Å²) in [6, 6.07) is 10.5. The maximum absolute atomic E-state index is 15.6. The van der Waals surface area contributed by atoms with Gasteiger partial charge in [-0.05, 0) is 49.6 Å². The molecule has 3 N–H and O–H groups in total. The number of benzene rings is 2. The maximum atomic E-state index is 15.6. The van der Waals surface area contributed by atoms with Crippen LogP contribution in [-0.2, 0) is 14.4 Å². The van der Waals surface area contributed by atoms with E-state index in [0.29, 0.717) is 24.2 Å². The molecule has 5 rings (SSSR count). The van der Waals surface area contributed by atoms with Crippen LogP contribution in [0.4, 0.5) is 10.1 Å². The van der Waals surface area contributed by atoms with E-state index in [9.17, 15) is 19.2 Å². The number of carbonyl (C=O) groups is 4. The molecule has 4 amide bonds. The second kappa shape index (κ2) is 15.2. The summed E-state index contributed by atoms with van der Waals surface area (Å²) < 4.78 is 16.6. The first kappa shape index (κ1) is 33.5. The van der Waals surface area contributed by atoms with Crippen LogP contribution in [0.2, 0.25) is 0 Å². The lowest BCUT2D eigenvalue weighted by molar-refractivity contribution is -0.138. The van der Waals surface area contributed by atoms with E-state index in [0.717, 1.165) is 55.3 Å². The minimum absolute atomic E-state index is 0.00321. The van der Waals surface area contributed by atoms with Crippen molar-refractivity contribution >= 4 is 50.7 Å². The van der Waals surface area contributed by atoms with E-state index < -0.39 is 29.7 Å². The zero-order valence-electron chi connectivity index (χ0n) is 26.8. The van der Waals surface area contributed by atoms with Gasteiger partial charge in [0, 0.05) is 54.0 Å². The highest BCUT2D eigenvalue weighted by Gasteiger charge is 2.34. The molecule has 1 aromatic heterocycles. The van der Waals surface area contributed by atoms with E-state index in [1.807, 2.05) is 31.3 Å². The molecule has 46 heavy (non-hydrogen) atoms. The molecule has 9 nitrogen and oxygen atoms in total. The van der Waals surface area contributed by atoms with Crippen LogP contribution >= 0.6 is 11.3 Å². The number of carbonyl (C=O) groups excluding carboxylic acids is 4. The lowest BCUT2D eigenvalue weighted by Crippen LogP contribution is -2.55. The molecule has 2 aromatic carbocycles. The summed E-state index contributed by atoms with van der Waals surface area (Å²) in [7, 11) is 2.00. The summed E-state index contributed by atoms with van der Waals surface area (Å²) in [5.41, 5.74) is 1.05. The van der Waals surface area contributed by atoms with Crippen molar-refractivity contribution in [3.63, 3.8) is 0 Å². The first-order valence-corrected chi connectivity index (χ1v) is 17.2. The summed E-state index contributed by atoms with van der Waals surface area (Å²) in [5, 5.41) is 11.2. The van der Waals surface area contributed by atoms with Gasteiger partial charge in [0.25, 0.3) is 5.91 Å². The molecule has 1 saturated heterocycles. The number of anilines is 1. The molecule has 246 valence electrons. The first-order valence-electron chi connectivity index (χ1n) is 16.3. The number of nitrogens with one attached hydrogen (secondary N) is 3. The lowest BCUT2D eigenvalue weighted by Gasteiger charge is -2.36. The quantitative estimate of drug-likeness (QED) is 0.282. The molecule has 0 unspecified atom stereocenters. The number of fused-ring (bicyclic) bond motifs is 1. The van der Waals surface area contributed by atoms with Gasteiger partial charge in [0.05, 0.1) is 11.3 Å². The SMILES string of the molecule is CCC(=O)N[C@@H](C(=O)N1CCN(C)CC1)[C@@H](C)c1ccc(NC(=O)[C@@H](NC(=O)c2csc3ccccc23)C2CCCCC2)c(F)c1. The monoisotopic (exact) mass is 649 g/mol. The standard InChI is InChI=1S/C35H44FN5O4S/c1-4-30(42)38-31(35(45)41-18-16-40(3)17-19-41)22(2)24-14-15-28(27(36)20-24)37-34(44)32(23-10-6-5-7-11-23)39-33(43)26-21-46-29-13-9-8-12-25(26)29/h8-9,12-15,20-23,31-32H,4-7,10-11,16-19H2,1-3H3,(H,37,44)(H,38,42)(H,39,43)/t22-,31+,32-/m0/s1. The average molecular weight is 650 g/mol. The van der Waals surface area contributed by atoms with Crippen LogP contribution in [0.15, 0.2) is 47.8 Å². The summed E-state index contributed by atoms with van der Waals surface area (Å²) >= 11 is 1.48. The van der Waals surface area contributed by atoms with Crippen LogP contribution in [0.3, 0.4) is 0 Å². The first-order chi connectivity index (χ1) is 22.2. The van der Waals surface area contributed by atoms with Crippen molar-refractivity contribution in [2.45, 2.75) is 70.4 Å². The summed E-state index contributed by atoms with van der Waals surface area (Å²) in [6.45, 7) is 6.11. The molecule has 1 saturated carbocycles. The van der Waals surface area contributed by atoms with E-state index in [1.54, 1.807) is 30.2 Å². The summed E-state index contributed by atoms with van der Waals surface area (Å²) in [4.78, 5) is 57.0. The molecular formula is C35H44FN5O4S. The molecular weight excluding hydrogens is 605 g/mol. The van der Waals surface area contributed by atoms with Gasteiger partial charge in [0.15, 0.2) is 0 Å². The number of piperazine rings is 1. The van der Waals surface area contributed by atoms with Gasteiger partial charge in [-0.15, -0.1) is 11.3 Å². The van der Waals surface area contributed by atoms with Gasteiger partial charge in [-0.2, -0.15) is 0 Å². The van der Waals surface area contributed by atoms with Crippen molar-refractivity contribution in [1.29, 1.82) is 0 Å². The van der Waals surface area contributed by atoms with Crippen LogP contribution in [0.5, 0.6) is 0 Å². The molecule has 0 radical (unpaired) electrons. The minimum Gasteiger partial charge on any atom is -0.344 e. The van der Waals surface area contributed by atoms with Gasteiger partial charge >= 0.3 is 0 Å². The Kier molecular flexibility index (Phi) is 11.1. The second-order valence-corrected chi connectivity index (χ2v) is 13.5. The Morgan fingerprint density at radius 1 is 0.978 bits per heavy atom. The molecule has 2 aliphatic rings. The smallest absolute Gasteiger partial charge is 0.253 e. The van der Waals surface area contributed by atoms with Gasteiger partial charge in [0.1, 0.15) is 17.9 Å². The van der Waals surface area contributed by atoms with Crippen molar-refractivity contribution in [2.24, 2.45) is 5.92 Å². The molecule has 2 heterocycles. The van der Waals surface area contributed by atoms with Crippen molar-refractivity contribution in [2.75, 3.05) is 38.5 Å². The van der Waals surface area contributed by atoms with Gasteiger partial charge in [0.2, 0.25) is 17.7 Å². The predicted molar refractivity (Wildman–Crippen MR) is 179 cm³/mol. The zero-order valence-corrected chi connectivity index (χ0v) is 27.6. The molecule has 3 aromatic rings. The molecule has 0 spiro atoms. The normalized spacial score (nSPS) is 18.0. The topological polar surface area (TPSA) is 111 Å². The molecule has 0 bridgehead atoms. The number of halogens is 1. The molecule has 3 atom stereocenters. The maximum Gasteiger partial charge on any atom is 0.253 e. The predicted octanol–water partition coefficient (Wildman–Crippen LogP) is 5.13. The van der Waals surface area contributed by atoms with Crippen molar-refractivity contribution in [3.05, 3.63) is 64.8 Å². The average Bonchev–Trinajstić information content (AvgIpc) is 3.51. The third kappa shape index (κ3) is 7.75. The van der Waals surface area contributed by atoms with Gasteiger partial charge in [-0.25, -0.2) is 4.39 Å². The summed E-state index contributed by atoms with van der Waals surface area (Å²) in [5.74, 6) is -2.46. The Bertz CT molecular complexity index is 1560. The number of likely N-dealkylation sites (N-methyl/N-ethyl adjacent to an activating group) is 1. The minimum atomic E-state index is -0.852. The van der Waals surface area contributed by atoms with E-state index in [-0.39, 0.29) is 35.7 Å². The number of hydrogen-bond acceptors (Lipinski definition) is 6. The van der Waals surface area contributed by atoms with Gasteiger partial charge < -0.3 is 25.8 Å². The Hall–Kier alpha value is -3.83. The fourth-order valence-corrected chi connectivity index (χ4v) is 7.40. The van der Waals surface area contributed by atoms with Crippen LogP contribution in [0.25, 0.3) is 10.1 Å². The Labute approximate surface area is 273 Å². The Balaban J connectivity index is 1.33. The third-order valence-electron chi connectivity index (χ3n) is 9.41. The van der Waals surface area contributed by atoms with Crippen molar-refractivity contribution in [1.82, 2.24) is 20.4 Å². The van der Waals surface area contributed by atoms with E-state index in [1.165, 1.54) is 23.5 Å². The molecule has 1 aliphatic heterocycles. The highest BCUT2D eigenvalue weighted by molar-refractivity contribution is 7.17. The Morgan fingerprint density at radius 3 is 2.39 bits per heavy atom. The van der Waals surface area contributed by atoms with Crippen molar-refractivity contribution < 1.29 is 23.6 Å². The van der Waals surface area contributed by atoms with E-state index >= 15 is 4.39 Å². The molecule has 1 aliphatic carbocycles. The van der Waals surface area contributed by atoms with Crippen LogP contribution in [0, 0.1) is 11.7 Å². The lowest BCUT2D eigenvalue weighted by atomic mass is 9.83. The summed E-state index contributed by atoms with van der Waals surface area (Å²) in [6.07, 6.45) is 4.84. The largest absolute Gasteiger partial charge is 0.344 e. The van der Waals surface area contributed by atoms with Crippen molar-refractivity contribution in [3.8, 4) is 0 Å². The number of hydrogen-bond donors (Lipinski definition) is 3. The fraction of sp³-hybridized carbons (Fsp3) is 0.486. The second-order valence-electron chi connectivity index (χ2n) is 12.5. The van der Waals surface area contributed by atoms with Crippen LogP contribution in [0.1, 0.15) is 74.2 Å². The van der Waals surface area contributed by atoms with E-state index in [4.69, 9.17) is 0 Å². The number of amides is 4. The van der Waals surface area contributed by atoms with Gasteiger partial charge in [-0.1, -0.05) is 57.4 Å². The molecule has 11 heteroatoms. The Morgan fingerprint density at radius 2 is 1.70 bits per heavy atom. The number of nitrogens with zero attached hydrogens (tertiary/aromatic N) is 2. The highest BCUT2D eigenvalue weighted by atomic mass is 32.1. The third-order valence-corrected chi connectivity index (χ3v) is 10.4. The number of thiophene rings is 1. The highest BCUT2D eigenvalue weighted by Crippen LogP contribution is 2.30. The van der Waals surface area contributed by atoms with Crippen LogP contribution < -0.4 is 16.0 Å². The van der Waals surface area contributed by atoms with Gasteiger partial charge in [-0.3, -0.25) is 19.2 Å². The van der Waals surface area contributed by atoms with E-state index in [2.05, 4.69) is 20.9 Å². The fourth-order valence-electron chi connectivity index (χ4n) is 6.46.